The Balaban J connectivity index is 1.59. The summed E-state index contributed by atoms with van der Waals surface area (Å²) in [6, 6.07) is 3.93. The zero-order valence-corrected chi connectivity index (χ0v) is 18.0. The van der Waals surface area contributed by atoms with E-state index in [9.17, 15) is 4.79 Å². The molecule has 0 N–H and O–H groups in total. The number of halogens is 1. The number of aryl methyl sites for hydroxylation is 1. The van der Waals surface area contributed by atoms with Gasteiger partial charge in [0.1, 0.15) is 0 Å². The second-order valence-corrected chi connectivity index (χ2v) is 9.21. The van der Waals surface area contributed by atoms with E-state index < -0.39 is 0 Å². The van der Waals surface area contributed by atoms with Crippen molar-refractivity contribution in [3.63, 3.8) is 0 Å². The van der Waals surface area contributed by atoms with E-state index in [1.165, 1.54) is 6.42 Å². The Morgan fingerprint density at radius 3 is 2.79 bits per heavy atom. The third kappa shape index (κ3) is 4.35. The Bertz CT molecular complexity index is 828. The second kappa shape index (κ2) is 9.08. The summed E-state index contributed by atoms with van der Waals surface area (Å²) in [5.41, 5.74) is 1.90. The maximum atomic E-state index is 13.4. The first kappa shape index (κ1) is 20.1. The minimum Gasteiger partial charge on any atom is -0.379 e. The standard InChI is InChI=1S/C21H28ClN3O2S/c1-15-17(22)7-8-18-19(15)23-21(28-18)25(10-9-24-11-13-27-14-12-24)20(26)16-5-3-2-4-6-16/h7-8,16H,2-6,9-14H2,1H3. The molecule has 2 aromatic rings. The molecule has 0 spiro atoms. The van der Waals surface area contributed by atoms with Crippen LogP contribution in [0.2, 0.25) is 5.02 Å². The number of ether oxygens (including phenoxy) is 1. The molecule has 5 nitrogen and oxygen atoms in total. The van der Waals surface area contributed by atoms with E-state index in [1.807, 2.05) is 24.0 Å². The second-order valence-electron chi connectivity index (χ2n) is 7.79. The van der Waals surface area contributed by atoms with Crippen molar-refractivity contribution in [2.24, 2.45) is 5.92 Å². The molecule has 1 amide bonds. The maximum Gasteiger partial charge on any atom is 0.231 e. The van der Waals surface area contributed by atoms with Gasteiger partial charge in [-0.05, 0) is 37.5 Å². The highest BCUT2D eigenvalue weighted by Gasteiger charge is 2.29. The van der Waals surface area contributed by atoms with E-state index in [0.717, 1.165) is 84.5 Å². The first-order chi connectivity index (χ1) is 13.6. The molecule has 1 aromatic heterocycles. The molecule has 0 atom stereocenters. The SMILES string of the molecule is Cc1c(Cl)ccc2sc(N(CCN3CCOCC3)C(=O)C3CCCCC3)nc12. The van der Waals surface area contributed by atoms with Gasteiger partial charge in [-0.15, -0.1) is 0 Å². The average molecular weight is 422 g/mol. The zero-order valence-electron chi connectivity index (χ0n) is 16.5. The lowest BCUT2D eigenvalue weighted by molar-refractivity contribution is -0.123. The van der Waals surface area contributed by atoms with Gasteiger partial charge in [0.15, 0.2) is 5.13 Å². The van der Waals surface area contributed by atoms with Crippen LogP contribution in [0.3, 0.4) is 0 Å². The molecule has 1 saturated carbocycles. The van der Waals surface area contributed by atoms with Crippen LogP contribution in [0.25, 0.3) is 10.2 Å². The van der Waals surface area contributed by atoms with Gasteiger partial charge in [-0.2, -0.15) is 0 Å². The molecule has 152 valence electrons. The summed E-state index contributed by atoms with van der Waals surface area (Å²) >= 11 is 7.89. The van der Waals surface area contributed by atoms with Crippen molar-refractivity contribution in [2.45, 2.75) is 39.0 Å². The van der Waals surface area contributed by atoms with Crippen LogP contribution in [0, 0.1) is 12.8 Å². The van der Waals surface area contributed by atoms with E-state index in [0.29, 0.717) is 6.54 Å². The molecule has 2 fully saturated rings. The van der Waals surface area contributed by atoms with Gasteiger partial charge in [0, 0.05) is 37.1 Å². The van der Waals surface area contributed by atoms with Crippen LogP contribution in [0.4, 0.5) is 5.13 Å². The predicted molar refractivity (Wildman–Crippen MR) is 116 cm³/mol. The van der Waals surface area contributed by atoms with Gasteiger partial charge in [-0.1, -0.05) is 42.2 Å². The number of carbonyl (C=O) groups is 1. The van der Waals surface area contributed by atoms with Gasteiger partial charge in [-0.3, -0.25) is 14.6 Å². The monoisotopic (exact) mass is 421 g/mol. The van der Waals surface area contributed by atoms with Crippen molar-refractivity contribution in [2.75, 3.05) is 44.3 Å². The fraction of sp³-hybridized carbons (Fsp3) is 0.619. The summed E-state index contributed by atoms with van der Waals surface area (Å²) in [6.45, 7) is 6.94. The highest BCUT2D eigenvalue weighted by molar-refractivity contribution is 7.22. The van der Waals surface area contributed by atoms with Gasteiger partial charge >= 0.3 is 0 Å². The molecule has 1 aliphatic carbocycles. The van der Waals surface area contributed by atoms with Gasteiger partial charge in [0.05, 0.1) is 23.4 Å². The smallest absolute Gasteiger partial charge is 0.231 e. The summed E-state index contributed by atoms with van der Waals surface area (Å²) in [7, 11) is 0. The van der Waals surface area contributed by atoms with Crippen LogP contribution in [0.5, 0.6) is 0 Å². The van der Waals surface area contributed by atoms with Crippen molar-refractivity contribution in [3.8, 4) is 0 Å². The van der Waals surface area contributed by atoms with E-state index in [1.54, 1.807) is 11.3 Å². The van der Waals surface area contributed by atoms with Crippen molar-refractivity contribution >= 4 is 44.2 Å². The first-order valence-electron chi connectivity index (χ1n) is 10.3. The zero-order chi connectivity index (χ0) is 19.5. The van der Waals surface area contributed by atoms with Crippen molar-refractivity contribution in [1.82, 2.24) is 9.88 Å². The highest BCUT2D eigenvalue weighted by Crippen LogP contribution is 2.35. The van der Waals surface area contributed by atoms with Gasteiger partial charge < -0.3 is 4.74 Å². The molecular weight excluding hydrogens is 394 g/mol. The number of fused-ring (bicyclic) bond motifs is 1. The van der Waals surface area contributed by atoms with E-state index in [4.69, 9.17) is 21.3 Å². The van der Waals surface area contributed by atoms with Crippen molar-refractivity contribution in [3.05, 3.63) is 22.7 Å². The molecule has 4 rings (SSSR count). The molecule has 1 aromatic carbocycles. The molecule has 2 aliphatic rings. The summed E-state index contributed by atoms with van der Waals surface area (Å²) in [4.78, 5) is 22.6. The first-order valence-corrected chi connectivity index (χ1v) is 11.5. The summed E-state index contributed by atoms with van der Waals surface area (Å²) in [6.07, 6.45) is 5.56. The minimum atomic E-state index is 0.134. The van der Waals surface area contributed by atoms with Crippen LogP contribution >= 0.6 is 22.9 Å². The van der Waals surface area contributed by atoms with Crippen LogP contribution < -0.4 is 4.90 Å². The number of hydrogen-bond donors (Lipinski definition) is 0. The fourth-order valence-electron chi connectivity index (χ4n) is 4.14. The molecule has 1 aliphatic heterocycles. The summed E-state index contributed by atoms with van der Waals surface area (Å²) in [5, 5.41) is 1.53. The largest absolute Gasteiger partial charge is 0.379 e. The van der Waals surface area contributed by atoms with Crippen LogP contribution in [0.15, 0.2) is 12.1 Å². The van der Waals surface area contributed by atoms with E-state index >= 15 is 0 Å². The number of benzene rings is 1. The lowest BCUT2D eigenvalue weighted by Gasteiger charge is -2.31. The Labute approximate surface area is 175 Å². The lowest BCUT2D eigenvalue weighted by Crippen LogP contribution is -2.45. The number of nitrogens with zero attached hydrogens (tertiary/aromatic N) is 3. The number of anilines is 1. The molecule has 0 bridgehead atoms. The van der Waals surface area contributed by atoms with Gasteiger partial charge in [-0.25, -0.2) is 4.98 Å². The Morgan fingerprint density at radius 1 is 1.29 bits per heavy atom. The molecule has 7 heteroatoms. The highest BCUT2D eigenvalue weighted by atomic mass is 35.5. The van der Waals surface area contributed by atoms with E-state index in [2.05, 4.69) is 4.90 Å². The fourth-order valence-corrected chi connectivity index (χ4v) is 5.35. The number of hydrogen-bond acceptors (Lipinski definition) is 5. The number of aromatic nitrogens is 1. The van der Waals surface area contributed by atoms with Crippen molar-refractivity contribution in [1.29, 1.82) is 0 Å². The minimum absolute atomic E-state index is 0.134. The number of thiazole rings is 1. The van der Waals surface area contributed by atoms with Crippen LogP contribution in [0.1, 0.15) is 37.7 Å². The lowest BCUT2D eigenvalue weighted by atomic mass is 9.88. The normalized spacial score (nSPS) is 19.2. The number of morpholine rings is 1. The van der Waals surface area contributed by atoms with Crippen LogP contribution in [-0.4, -0.2) is 55.2 Å². The van der Waals surface area contributed by atoms with Crippen molar-refractivity contribution < 1.29 is 9.53 Å². The quantitative estimate of drug-likeness (QED) is 0.712. The molecule has 2 heterocycles. The average Bonchev–Trinajstić information content (AvgIpc) is 3.17. The Kier molecular flexibility index (Phi) is 6.51. The molecule has 0 radical (unpaired) electrons. The number of carbonyl (C=O) groups excluding carboxylic acids is 1. The molecule has 1 saturated heterocycles. The third-order valence-electron chi connectivity index (χ3n) is 5.93. The predicted octanol–water partition coefficient (Wildman–Crippen LogP) is 4.50. The topological polar surface area (TPSA) is 45.7 Å². The number of rotatable bonds is 5. The summed E-state index contributed by atoms with van der Waals surface area (Å²) in [5.74, 6) is 0.380. The summed E-state index contributed by atoms with van der Waals surface area (Å²) < 4.78 is 6.54. The molecule has 0 unspecified atom stereocenters. The maximum absolute atomic E-state index is 13.4. The Hall–Kier alpha value is -1.21. The van der Waals surface area contributed by atoms with Gasteiger partial charge in [0.2, 0.25) is 5.91 Å². The molecular formula is C21H28ClN3O2S. The van der Waals surface area contributed by atoms with Gasteiger partial charge in [0.25, 0.3) is 0 Å². The Morgan fingerprint density at radius 2 is 2.04 bits per heavy atom. The third-order valence-corrected chi connectivity index (χ3v) is 7.38. The van der Waals surface area contributed by atoms with Crippen LogP contribution in [-0.2, 0) is 9.53 Å². The number of amides is 1. The van der Waals surface area contributed by atoms with E-state index in [-0.39, 0.29) is 11.8 Å². The molecule has 28 heavy (non-hydrogen) atoms.